The number of pyridine rings is 1. The Morgan fingerprint density at radius 2 is 1.60 bits per heavy atom. The molecule has 0 aliphatic heterocycles. The number of hydrogen-bond donors (Lipinski definition) is 2. The van der Waals surface area contributed by atoms with Crippen LogP contribution in [0.25, 0.3) is 0 Å². The lowest BCUT2D eigenvalue weighted by atomic mass is 10.1. The van der Waals surface area contributed by atoms with Crippen molar-refractivity contribution in [3.63, 3.8) is 0 Å². The number of benzene rings is 2. The summed E-state index contributed by atoms with van der Waals surface area (Å²) in [6.07, 6.45) is 3.41. The van der Waals surface area contributed by atoms with Gasteiger partial charge in [0.15, 0.2) is 11.5 Å². The van der Waals surface area contributed by atoms with Crippen molar-refractivity contribution in [2.24, 2.45) is 0 Å². The highest BCUT2D eigenvalue weighted by Crippen LogP contribution is 2.29. The Balaban J connectivity index is 1.59. The Labute approximate surface area is 206 Å². The molecule has 35 heavy (non-hydrogen) atoms. The van der Waals surface area contributed by atoms with Crippen molar-refractivity contribution in [2.45, 2.75) is 45.7 Å². The third kappa shape index (κ3) is 8.38. The zero-order valence-electron chi connectivity index (χ0n) is 20.2. The van der Waals surface area contributed by atoms with Crippen molar-refractivity contribution in [1.29, 1.82) is 0 Å². The lowest BCUT2D eigenvalue weighted by molar-refractivity contribution is 0.0950. The summed E-state index contributed by atoms with van der Waals surface area (Å²) < 4.78 is 38.3. The minimum Gasteiger partial charge on any atom is -0.490 e. The number of carbonyl (C=O) groups excluding carboxylic acids is 1. The Kier molecular flexibility index (Phi) is 9.22. The van der Waals surface area contributed by atoms with Gasteiger partial charge in [-0.05, 0) is 67.8 Å². The van der Waals surface area contributed by atoms with Crippen molar-refractivity contribution in [1.82, 2.24) is 15.0 Å². The van der Waals surface area contributed by atoms with Crippen molar-refractivity contribution in [3.05, 3.63) is 89.2 Å². The van der Waals surface area contributed by atoms with Crippen LogP contribution in [0.2, 0.25) is 0 Å². The minimum atomic E-state index is -3.39. The molecule has 0 radical (unpaired) electrons. The Bertz CT molecular complexity index is 1210. The SMILES string of the molecule is CCOc1cc(C(=O)NCc2ccc(CS(=O)(=O)NC(C)C)cc2)ccc1OCc1ccncc1. The molecule has 2 aromatic carbocycles. The van der Waals surface area contributed by atoms with Crippen LogP contribution in [0.4, 0.5) is 0 Å². The Morgan fingerprint density at radius 3 is 2.26 bits per heavy atom. The summed E-state index contributed by atoms with van der Waals surface area (Å²) >= 11 is 0. The van der Waals surface area contributed by atoms with Crippen LogP contribution in [0.1, 0.15) is 47.8 Å². The second-order valence-corrected chi connectivity index (χ2v) is 10.0. The molecule has 1 aromatic heterocycles. The fraction of sp³-hybridized carbons (Fsp3) is 0.308. The zero-order chi connectivity index (χ0) is 25.3. The van der Waals surface area contributed by atoms with Crippen LogP contribution in [0.15, 0.2) is 67.0 Å². The standard InChI is InChI=1S/C26H31N3O5S/c1-4-33-25-15-23(9-10-24(25)34-17-21-11-13-27-14-12-21)26(30)28-16-20-5-7-22(8-6-20)18-35(31,32)29-19(2)3/h5-15,19,29H,4,16-18H2,1-3H3,(H,28,30). The number of nitrogens with zero attached hydrogens (tertiary/aromatic N) is 1. The van der Waals surface area contributed by atoms with E-state index in [2.05, 4.69) is 15.0 Å². The highest BCUT2D eigenvalue weighted by atomic mass is 32.2. The average molecular weight is 498 g/mol. The van der Waals surface area contributed by atoms with E-state index in [0.29, 0.717) is 42.4 Å². The lowest BCUT2D eigenvalue weighted by Crippen LogP contribution is -2.31. The van der Waals surface area contributed by atoms with Crippen LogP contribution < -0.4 is 19.5 Å². The fourth-order valence-corrected chi connectivity index (χ4v) is 4.77. The molecular formula is C26H31N3O5S. The number of aromatic nitrogens is 1. The lowest BCUT2D eigenvalue weighted by Gasteiger charge is -2.14. The summed E-state index contributed by atoms with van der Waals surface area (Å²) in [7, 11) is -3.39. The van der Waals surface area contributed by atoms with Gasteiger partial charge in [-0.1, -0.05) is 24.3 Å². The van der Waals surface area contributed by atoms with Gasteiger partial charge < -0.3 is 14.8 Å². The summed E-state index contributed by atoms with van der Waals surface area (Å²) in [6, 6.07) is 15.8. The molecule has 3 aromatic rings. The van der Waals surface area contributed by atoms with E-state index in [1.54, 1.807) is 56.6 Å². The van der Waals surface area contributed by atoms with Gasteiger partial charge in [-0.3, -0.25) is 9.78 Å². The predicted octanol–water partition coefficient (Wildman–Crippen LogP) is 3.82. The van der Waals surface area contributed by atoms with Crippen molar-refractivity contribution in [3.8, 4) is 11.5 Å². The fourth-order valence-electron chi connectivity index (χ4n) is 3.33. The number of carbonyl (C=O) groups is 1. The third-order valence-electron chi connectivity index (χ3n) is 4.90. The van der Waals surface area contributed by atoms with Gasteiger partial charge in [0.1, 0.15) is 6.61 Å². The molecule has 0 bridgehead atoms. The summed E-state index contributed by atoms with van der Waals surface area (Å²) in [5, 5.41) is 2.88. The van der Waals surface area contributed by atoms with Crippen LogP contribution >= 0.6 is 0 Å². The number of ether oxygens (including phenoxy) is 2. The average Bonchev–Trinajstić information content (AvgIpc) is 2.82. The first-order chi connectivity index (χ1) is 16.8. The number of hydrogen-bond acceptors (Lipinski definition) is 6. The maximum Gasteiger partial charge on any atom is 0.251 e. The van der Waals surface area contributed by atoms with Gasteiger partial charge in [0.25, 0.3) is 5.91 Å². The molecule has 2 N–H and O–H groups in total. The first kappa shape index (κ1) is 26.2. The number of amides is 1. The molecule has 1 amide bonds. The second-order valence-electron chi connectivity index (χ2n) is 8.27. The van der Waals surface area contributed by atoms with E-state index in [9.17, 15) is 13.2 Å². The van der Waals surface area contributed by atoms with E-state index in [-0.39, 0.29) is 17.7 Å². The molecule has 0 aliphatic rings. The Hall–Kier alpha value is -3.43. The molecule has 0 aliphatic carbocycles. The van der Waals surface area contributed by atoms with Gasteiger partial charge >= 0.3 is 0 Å². The predicted molar refractivity (Wildman–Crippen MR) is 135 cm³/mol. The third-order valence-corrected chi connectivity index (χ3v) is 6.44. The maximum absolute atomic E-state index is 12.7. The molecule has 0 unspecified atom stereocenters. The maximum atomic E-state index is 12.7. The van der Waals surface area contributed by atoms with Crippen molar-refractivity contribution >= 4 is 15.9 Å². The topological polar surface area (TPSA) is 107 Å². The van der Waals surface area contributed by atoms with Crippen LogP contribution in [0, 0.1) is 0 Å². The minimum absolute atomic E-state index is 0.0897. The van der Waals surface area contributed by atoms with E-state index in [1.165, 1.54) is 0 Å². The monoisotopic (exact) mass is 497 g/mol. The molecule has 8 nitrogen and oxygen atoms in total. The van der Waals surface area contributed by atoms with E-state index in [0.717, 1.165) is 11.1 Å². The zero-order valence-corrected chi connectivity index (χ0v) is 21.0. The van der Waals surface area contributed by atoms with Crippen LogP contribution in [0.5, 0.6) is 11.5 Å². The highest BCUT2D eigenvalue weighted by Gasteiger charge is 2.14. The van der Waals surface area contributed by atoms with Crippen LogP contribution in [0.3, 0.4) is 0 Å². The van der Waals surface area contributed by atoms with E-state index in [4.69, 9.17) is 9.47 Å². The molecule has 9 heteroatoms. The van der Waals surface area contributed by atoms with Gasteiger partial charge in [0.2, 0.25) is 10.0 Å². The van der Waals surface area contributed by atoms with E-state index in [1.807, 2.05) is 31.2 Å². The molecule has 0 saturated heterocycles. The van der Waals surface area contributed by atoms with Crippen molar-refractivity contribution < 1.29 is 22.7 Å². The van der Waals surface area contributed by atoms with Gasteiger partial charge in [-0.2, -0.15) is 0 Å². The summed E-state index contributed by atoms with van der Waals surface area (Å²) in [5.41, 5.74) is 2.96. The molecule has 186 valence electrons. The Morgan fingerprint density at radius 1 is 0.914 bits per heavy atom. The molecule has 0 fully saturated rings. The van der Waals surface area contributed by atoms with E-state index < -0.39 is 10.0 Å². The summed E-state index contributed by atoms with van der Waals surface area (Å²) in [6.45, 7) is 6.53. The number of rotatable bonds is 12. The highest BCUT2D eigenvalue weighted by molar-refractivity contribution is 7.88. The van der Waals surface area contributed by atoms with Crippen LogP contribution in [-0.2, 0) is 28.9 Å². The van der Waals surface area contributed by atoms with Crippen LogP contribution in [-0.4, -0.2) is 32.0 Å². The molecular weight excluding hydrogens is 466 g/mol. The van der Waals surface area contributed by atoms with Gasteiger partial charge in [-0.15, -0.1) is 0 Å². The van der Waals surface area contributed by atoms with Crippen molar-refractivity contribution in [2.75, 3.05) is 6.61 Å². The first-order valence-electron chi connectivity index (χ1n) is 11.4. The van der Waals surface area contributed by atoms with Gasteiger partial charge in [0.05, 0.1) is 12.4 Å². The van der Waals surface area contributed by atoms with Gasteiger partial charge in [0, 0.05) is 30.5 Å². The van der Waals surface area contributed by atoms with Gasteiger partial charge in [-0.25, -0.2) is 13.1 Å². The molecule has 1 heterocycles. The number of nitrogens with one attached hydrogen (secondary N) is 2. The largest absolute Gasteiger partial charge is 0.490 e. The van der Waals surface area contributed by atoms with E-state index >= 15 is 0 Å². The smallest absolute Gasteiger partial charge is 0.251 e. The molecule has 0 saturated carbocycles. The number of sulfonamides is 1. The molecule has 3 rings (SSSR count). The molecule has 0 atom stereocenters. The molecule has 0 spiro atoms. The summed E-state index contributed by atoms with van der Waals surface area (Å²) in [5.74, 6) is 0.708. The first-order valence-corrected chi connectivity index (χ1v) is 13.1. The normalized spacial score (nSPS) is 11.3. The quantitative estimate of drug-likeness (QED) is 0.394. The second kappa shape index (κ2) is 12.3. The summed E-state index contributed by atoms with van der Waals surface area (Å²) in [4.78, 5) is 16.7.